The lowest BCUT2D eigenvalue weighted by atomic mass is 9.85. The summed E-state index contributed by atoms with van der Waals surface area (Å²) in [7, 11) is -2.30. The summed E-state index contributed by atoms with van der Waals surface area (Å²) in [5.41, 5.74) is 0. The molecule has 0 radical (unpaired) electrons. The SMILES string of the molecule is COC(=O)[C@@H]1C[C@H]2CCCC[C@H]2N1S(=O)(=O)c1cccs1. The van der Waals surface area contributed by atoms with Crippen LogP contribution in [0.15, 0.2) is 21.7 Å². The second kappa shape index (κ2) is 5.70. The Morgan fingerprint density at radius 2 is 2.14 bits per heavy atom. The smallest absolute Gasteiger partial charge is 0.324 e. The highest BCUT2D eigenvalue weighted by molar-refractivity contribution is 7.91. The molecule has 1 aromatic heterocycles. The molecule has 21 heavy (non-hydrogen) atoms. The van der Waals surface area contributed by atoms with Gasteiger partial charge in [-0.15, -0.1) is 11.3 Å². The molecule has 116 valence electrons. The van der Waals surface area contributed by atoms with E-state index in [0.717, 1.165) is 25.7 Å². The summed E-state index contributed by atoms with van der Waals surface area (Å²) in [6, 6.07) is 2.59. The highest BCUT2D eigenvalue weighted by Gasteiger charge is 2.51. The average Bonchev–Trinajstić information content (AvgIpc) is 3.13. The molecule has 3 atom stereocenters. The van der Waals surface area contributed by atoms with Gasteiger partial charge in [0.15, 0.2) is 0 Å². The van der Waals surface area contributed by atoms with E-state index in [9.17, 15) is 13.2 Å². The molecule has 2 fully saturated rings. The summed E-state index contributed by atoms with van der Waals surface area (Å²) >= 11 is 1.20. The first kappa shape index (κ1) is 15.0. The normalized spacial score (nSPS) is 30.0. The number of thiophene rings is 1. The van der Waals surface area contributed by atoms with E-state index in [1.807, 2.05) is 0 Å². The molecule has 3 rings (SSSR count). The Morgan fingerprint density at radius 3 is 2.81 bits per heavy atom. The monoisotopic (exact) mass is 329 g/mol. The number of methoxy groups -OCH3 is 1. The fourth-order valence-corrected chi connectivity index (χ4v) is 6.58. The van der Waals surface area contributed by atoms with Crippen molar-refractivity contribution in [1.82, 2.24) is 4.31 Å². The fraction of sp³-hybridized carbons (Fsp3) is 0.643. The van der Waals surface area contributed by atoms with Gasteiger partial charge in [-0.25, -0.2) is 8.42 Å². The molecule has 1 aromatic rings. The summed E-state index contributed by atoms with van der Waals surface area (Å²) in [5.74, 6) is -0.165. The van der Waals surface area contributed by atoms with Crippen LogP contribution >= 0.6 is 11.3 Å². The lowest BCUT2D eigenvalue weighted by Gasteiger charge is -2.31. The van der Waals surface area contributed by atoms with Crippen LogP contribution in [0.3, 0.4) is 0 Å². The Balaban J connectivity index is 2.00. The van der Waals surface area contributed by atoms with Crippen LogP contribution in [0.1, 0.15) is 32.1 Å². The highest BCUT2D eigenvalue weighted by atomic mass is 32.2. The Kier molecular flexibility index (Phi) is 4.07. The molecule has 1 saturated heterocycles. The van der Waals surface area contributed by atoms with Gasteiger partial charge in [0.05, 0.1) is 7.11 Å². The number of carbonyl (C=O) groups excluding carboxylic acids is 1. The van der Waals surface area contributed by atoms with Gasteiger partial charge in [-0.1, -0.05) is 18.9 Å². The molecule has 0 bridgehead atoms. The van der Waals surface area contributed by atoms with E-state index < -0.39 is 22.0 Å². The van der Waals surface area contributed by atoms with Crippen LogP contribution in [0.4, 0.5) is 0 Å². The summed E-state index contributed by atoms with van der Waals surface area (Å²) in [5, 5.41) is 1.74. The highest BCUT2D eigenvalue weighted by Crippen LogP contribution is 2.43. The van der Waals surface area contributed by atoms with E-state index in [2.05, 4.69) is 0 Å². The van der Waals surface area contributed by atoms with Crippen molar-refractivity contribution in [3.05, 3.63) is 17.5 Å². The van der Waals surface area contributed by atoms with E-state index in [0.29, 0.717) is 10.6 Å². The molecule has 0 N–H and O–H groups in total. The summed E-state index contributed by atoms with van der Waals surface area (Å²) in [6.07, 6.45) is 4.55. The Morgan fingerprint density at radius 1 is 1.38 bits per heavy atom. The zero-order valence-electron chi connectivity index (χ0n) is 11.9. The first-order valence-corrected chi connectivity index (χ1v) is 9.52. The maximum atomic E-state index is 12.9. The first-order valence-electron chi connectivity index (χ1n) is 7.20. The number of fused-ring (bicyclic) bond motifs is 1. The minimum absolute atomic E-state index is 0.0602. The van der Waals surface area contributed by atoms with Crippen molar-refractivity contribution in [1.29, 1.82) is 0 Å². The van der Waals surface area contributed by atoms with Crippen LogP contribution < -0.4 is 0 Å². The Hall–Kier alpha value is -0.920. The number of sulfonamides is 1. The molecule has 1 saturated carbocycles. The Labute approximate surface area is 129 Å². The maximum Gasteiger partial charge on any atom is 0.324 e. The van der Waals surface area contributed by atoms with E-state index in [-0.39, 0.29) is 12.0 Å². The number of nitrogens with zero attached hydrogens (tertiary/aromatic N) is 1. The maximum absolute atomic E-state index is 12.9. The van der Waals surface area contributed by atoms with Gasteiger partial charge in [0, 0.05) is 6.04 Å². The second-order valence-electron chi connectivity index (χ2n) is 5.65. The van der Waals surface area contributed by atoms with Crippen molar-refractivity contribution in [2.24, 2.45) is 5.92 Å². The van der Waals surface area contributed by atoms with Gasteiger partial charge in [-0.3, -0.25) is 4.79 Å². The number of hydrogen-bond donors (Lipinski definition) is 0. The standard InChI is InChI=1S/C14H19NO4S2/c1-19-14(16)12-9-10-5-2-3-6-11(10)15(12)21(17,18)13-7-4-8-20-13/h4,7-8,10-12H,2-3,5-6,9H2,1H3/t10-,11-,12+/m1/s1. The van der Waals surface area contributed by atoms with Crippen molar-refractivity contribution in [3.8, 4) is 0 Å². The number of ether oxygens (including phenoxy) is 1. The molecule has 0 unspecified atom stereocenters. The predicted molar refractivity (Wildman–Crippen MR) is 79.5 cm³/mol. The van der Waals surface area contributed by atoms with Crippen molar-refractivity contribution >= 4 is 27.3 Å². The zero-order valence-corrected chi connectivity index (χ0v) is 13.5. The molecule has 0 amide bonds. The lowest BCUT2D eigenvalue weighted by molar-refractivity contribution is -0.144. The quantitative estimate of drug-likeness (QED) is 0.798. The van der Waals surface area contributed by atoms with Crippen LogP contribution in [-0.2, 0) is 19.6 Å². The number of carbonyl (C=O) groups is 1. The van der Waals surface area contributed by atoms with E-state index in [1.165, 1.54) is 22.8 Å². The van der Waals surface area contributed by atoms with Crippen molar-refractivity contribution < 1.29 is 17.9 Å². The molecule has 0 aromatic carbocycles. The second-order valence-corrected chi connectivity index (χ2v) is 8.67. The summed E-state index contributed by atoms with van der Waals surface area (Å²) < 4.78 is 32.4. The molecular formula is C14H19NO4S2. The van der Waals surface area contributed by atoms with Crippen LogP contribution in [0, 0.1) is 5.92 Å². The van der Waals surface area contributed by atoms with Crippen molar-refractivity contribution in [2.75, 3.05) is 7.11 Å². The molecule has 0 spiro atoms. The molecule has 1 aliphatic heterocycles. The van der Waals surface area contributed by atoms with E-state index >= 15 is 0 Å². The van der Waals surface area contributed by atoms with Gasteiger partial charge in [0.2, 0.25) is 0 Å². The minimum Gasteiger partial charge on any atom is -0.468 e. The summed E-state index contributed by atoms with van der Waals surface area (Å²) in [4.78, 5) is 12.1. The predicted octanol–water partition coefficient (Wildman–Crippen LogP) is 2.24. The van der Waals surface area contributed by atoms with Crippen molar-refractivity contribution in [2.45, 2.75) is 48.4 Å². The first-order chi connectivity index (χ1) is 10.1. The third-order valence-corrected chi connectivity index (χ3v) is 7.84. The summed E-state index contributed by atoms with van der Waals surface area (Å²) in [6.45, 7) is 0. The van der Waals surface area contributed by atoms with Crippen LogP contribution in [-0.4, -0.2) is 37.9 Å². The average molecular weight is 329 g/mol. The number of rotatable bonds is 3. The zero-order chi connectivity index (χ0) is 15.0. The Bertz CT molecular complexity index is 611. The van der Waals surface area contributed by atoms with Crippen LogP contribution in [0.2, 0.25) is 0 Å². The van der Waals surface area contributed by atoms with E-state index in [4.69, 9.17) is 4.74 Å². The van der Waals surface area contributed by atoms with E-state index in [1.54, 1.807) is 17.5 Å². The van der Waals surface area contributed by atoms with Gasteiger partial charge in [-0.05, 0) is 36.6 Å². The fourth-order valence-electron chi connectivity index (χ4n) is 3.62. The van der Waals surface area contributed by atoms with Crippen LogP contribution in [0.25, 0.3) is 0 Å². The topological polar surface area (TPSA) is 63.7 Å². The van der Waals surface area contributed by atoms with Crippen LogP contribution in [0.5, 0.6) is 0 Å². The number of esters is 1. The largest absolute Gasteiger partial charge is 0.468 e. The molecule has 1 aliphatic carbocycles. The third-order valence-electron chi connectivity index (χ3n) is 4.53. The lowest BCUT2D eigenvalue weighted by Crippen LogP contribution is -2.46. The third kappa shape index (κ3) is 2.51. The molecule has 2 aliphatic rings. The van der Waals surface area contributed by atoms with Gasteiger partial charge in [0.1, 0.15) is 10.3 Å². The molecular weight excluding hydrogens is 310 g/mol. The van der Waals surface area contributed by atoms with Crippen molar-refractivity contribution in [3.63, 3.8) is 0 Å². The van der Waals surface area contributed by atoms with Gasteiger partial charge < -0.3 is 4.74 Å². The minimum atomic E-state index is -3.62. The molecule has 7 heteroatoms. The number of hydrogen-bond acceptors (Lipinski definition) is 5. The molecule has 2 heterocycles. The van der Waals surface area contributed by atoms with Gasteiger partial charge >= 0.3 is 5.97 Å². The van der Waals surface area contributed by atoms with Gasteiger partial charge in [-0.2, -0.15) is 4.31 Å². The molecule has 5 nitrogen and oxygen atoms in total. The van der Waals surface area contributed by atoms with Gasteiger partial charge in [0.25, 0.3) is 10.0 Å².